The van der Waals surface area contributed by atoms with E-state index >= 15 is 0 Å². The first kappa shape index (κ1) is 18.5. The van der Waals surface area contributed by atoms with Gasteiger partial charge in [0, 0.05) is 27.0 Å². The minimum absolute atomic E-state index is 0.0784. The third kappa shape index (κ3) is 3.28. The minimum Gasteiger partial charge on any atom is -0.497 e. The van der Waals surface area contributed by atoms with Crippen molar-refractivity contribution in [2.75, 3.05) is 7.11 Å². The van der Waals surface area contributed by atoms with Crippen molar-refractivity contribution in [2.24, 2.45) is 5.10 Å². The van der Waals surface area contributed by atoms with Crippen molar-refractivity contribution < 1.29 is 9.47 Å². The van der Waals surface area contributed by atoms with Crippen LogP contribution in [0.15, 0.2) is 76.3 Å². The fourth-order valence-electron chi connectivity index (χ4n) is 3.90. The molecule has 29 heavy (non-hydrogen) atoms. The number of nitrogens with zero attached hydrogens (tertiary/aromatic N) is 2. The van der Waals surface area contributed by atoms with E-state index in [2.05, 4.69) is 22.0 Å². The van der Waals surface area contributed by atoms with Crippen molar-refractivity contribution in [2.45, 2.75) is 18.7 Å². The molecule has 4 nitrogen and oxygen atoms in total. The van der Waals surface area contributed by atoms with Crippen LogP contribution in [0.1, 0.15) is 35.4 Å². The second-order valence-corrected chi connectivity index (χ2v) is 8.37. The standard InChI is InChI=1S/C23H18BrClN2O2/c1-28-16-9-6-14(7-10-16)20-13-21-18-12-15(24)8-11-22(18)29-23(27(21)26-20)17-4-2-3-5-19(17)25/h2-12,21,23H,13H2,1H3/t21-,23-/m0/s1. The Balaban J connectivity index is 1.59. The number of halogens is 2. The van der Waals surface area contributed by atoms with Crippen molar-refractivity contribution in [3.63, 3.8) is 0 Å². The summed E-state index contributed by atoms with van der Waals surface area (Å²) in [6.45, 7) is 0. The number of hydrogen-bond acceptors (Lipinski definition) is 4. The fourth-order valence-corrected chi connectivity index (χ4v) is 4.50. The van der Waals surface area contributed by atoms with Gasteiger partial charge in [0.1, 0.15) is 11.5 Å². The Morgan fingerprint density at radius 3 is 2.62 bits per heavy atom. The molecule has 0 unspecified atom stereocenters. The quantitative estimate of drug-likeness (QED) is 0.448. The Morgan fingerprint density at radius 1 is 1.07 bits per heavy atom. The summed E-state index contributed by atoms with van der Waals surface area (Å²) >= 11 is 10.1. The van der Waals surface area contributed by atoms with Gasteiger partial charge in [-0.2, -0.15) is 5.10 Å². The van der Waals surface area contributed by atoms with Crippen LogP contribution in [0.5, 0.6) is 11.5 Å². The molecule has 0 spiro atoms. The van der Waals surface area contributed by atoms with E-state index in [1.54, 1.807) is 7.11 Å². The summed E-state index contributed by atoms with van der Waals surface area (Å²) in [7, 11) is 1.67. The van der Waals surface area contributed by atoms with Crippen molar-refractivity contribution in [1.29, 1.82) is 0 Å². The maximum Gasteiger partial charge on any atom is 0.215 e. The number of hydrazone groups is 1. The zero-order valence-corrected chi connectivity index (χ0v) is 18.0. The van der Waals surface area contributed by atoms with Gasteiger partial charge in [-0.1, -0.05) is 45.7 Å². The van der Waals surface area contributed by atoms with Gasteiger partial charge in [-0.05, 0) is 54.1 Å². The van der Waals surface area contributed by atoms with Gasteiger partial charge < -0.3 is 9.47 Å². The monoisotopic (exact) mass is 468 g/mol. The Morgan fingerprint density at radius 2 is 1.86 bits per heavy atom. The van der Waals surface area contributed by atoms with Crippen LogP contribution in [-0.2, 0) is 0 Å². The molecule has 0 N–H and O–H groups in total. The van der Waals surface area contributed by atoms with Crippen molar-refractivity contribution in [3.8, 4) is 11.5 Å². The summed E-state index contributed by atoms with van der Waals surface area (Å²) in [5.41, 5.74) is 4.13. The molecule has 2 aliphatic heterocycles. The molecule has 2 atom stereocenters. The number of rotatable bonds is 3. The van der Waals surface area contributed by atoms with Gasteiger partial charge in [0.05, 0.1) is 18.9 Å². The maximum absolute atomic E-state index is 6.51. The van der Waals surface area contributed by atoms with Crippen molar-refractivity contribution >= 4 is 33.2 Å². The first-order valence-corrected chi connectivity index (χ1v) is 10.5. The zero-order valence-electron chi connectivity index (χ0n) is 15.7. The molecular formula is C23H18BrClN2O2. The summed E-state index contributed by atoms with van der Waals surface area (Å²) in [4.78, 5) is 0. The van der Waals surface area contributed by atoms with E-state index in [4.69, 9.17) is 26.2 Å². The summed E-state index contributed by atoms with van der Waals surface area (Å²) < 4.78 is 12.7. The normalized spacial score (nSPS) is 19.8. The number of ether oxygens (including phenoxy) is 2. The van der Waals surface area contributed by atoms with Crippen LogP contribution in [0.4, 0.5) is 0 Å². The predicted octanol–water partition coefficient (Wildman–Crippen LogP) is 6.35. The lowest BCUT2D eigenvalue weighted by molar-refractivity contribution is -0.0190. The summed E-state index contributed by atoms with van der Waals surface area (Å²) in [5.74, 6) is 1.70. The van der Waals surface area contributed by atoms with Gasteiger partial charge in [-0.15, -0.1) is 0 Å². The molecule has 2 aliphatic rings. The van der Waals surface area contributed by atoms with E-state index in [1.807, 2.05) is 65.7 Å². The molecule has 146 valence electrons. The van der Waals surface area contributed by atoms with Gasteiger partial charge in [-0.3, -0.25) is 0 Å². The lowest BCUT2D eigenvalue weighted by Gasteiger charge is -2.38. The van der Waals surface area contributed by atoms with Gasteiger partial charge in [0.25, 0.3) is 0 Å². The topological polar surface area (TPSA) is 34.1 Å². The summed E-state index contributed by atoms with van der Waals surface area (Å²) in [5, 5.41) is 7.68. The van der Waals surface area contributed by atoms with Crippen LogP contribution in [0.2, 0.25) is 5.02 Å². The van der Waals surface area contributed by atoms with Crippen LogP contribution < -0.4 is 9.47 Å². The van der Waals surface area contributed by atoms with E-state index in [0.717, 1.165) is 44.8 Å². The molecule has 3 aromatic rings. The van der Waals surface area contributed by atoms with E-state index in [0.29, 0.717) is 5.02 Å². The minimum atomic E-state index is -0.377. The highest BCUT2D eigenvalue weighted by Gasteiger charge is 2.41. The summed E-state index contributed by atoms with van der Waals surface area (Å²) in [6, 6.07) is 22.0. The molecular weight excluding hydrogens is 452 g/mol. The lowest BCUT2D eigenvalue weighted by atomic mass is 9.96. The maximum atomic E-state index is 6.51. The smallest absolute Gasteiger partial charge is 0.215 e. The molecule has 0 amide bonds. The van der Waals surface area contributed by atoms with Crippen molar-refractivity contribution in [1.82, 2.24) is 5.01 Å². The third-order valence-electron chi connectivity index (χ3n) is 5.35. The Labute approximate surface area is 182 Å². The molecule has 0 bridgehead atoms. The van der Waals surface area contributed by atoms with Gasteiger partial charge in [0.15, 0.2) is 0 Å². The largest absolute Gasteiger partial charge is 0.497 e. The molecule has 3 aromatic carbocycles. The SMILES string of the molecule is COc1ccc(C2=NN3[C@@H](C2)c2cc(Br)ccc2O[C@H]3c2ccccc2Cl)cc1. The van der Waals surface area contributed by atoms with Crippen LogP contribution in [0.3, 0.4) is 0 Å². The molecule has 0 aliphatic carbocycles. The first-order valence-electron chi connectivity index (χ1n) is 9.35. The Bertz CT molecular complexity index is 1100. The Hall–Kier alpha value is -2.50. The number of benzene rings is 3. The molecule has 0 aromatic heterocycles. The van der Waals surface area contributed by atoms with Gasteiger partial charge in [-0.25, -0.2) is 5.01 Å². The average Bonchev–Trinajstić information content (AvgIpc) is 3.20. The van der Waals surface area contributed by atoms with Crippen molar-refractivity contribution in [3.05, 3.63) is 92.9 Å². The highest BCUT2D eigenvalue weighted by Crippen LogP contribution is 2.49. The first-order chi connectivity index (χ1) is 14.1. The number of fused-ring (bicyclic) bond motifs is 3. The summed E-state index contributed by atoms with van der Waals surface area (Å²) in [6.07, 6.45) is 0.415. The molecule has 0 saturated carbocycles. The van der Waals surface area contributed by atoms with Crippen LogP contribution >= 0.6 is 27.5 Å². The van der Waals surface area contributed by atoms with E-state index in [-0.39, 0.29) is 12.3 Å². The van der Waals surface area contributed by atoms with Crippen LogP contribution in [-0.4, -0.2) is 17.8 Å². The number of methoxy groups -OCH3 is 1. The van der Waals surface area contributed by atoms with E-state index in [9.17, 15) is 0 Å². The molecule has 0 saturated heterocycles. The van der Waals surface area contributed by atoms with Gasteiger partial charge >= 0.3 is 0 Å². The zero-order chi connectivity index (χ0) is 20.0. The lowest BCUT2D eigenvalue weighted by Crippen LogP contribution is -2.33. The average molecular weight is 470 g/mol. The van der Waals surface area contributed by atoms with E-state index in [1.165, 1.54) is 0 Å². The molecule has 5 rings (SSSR count). The molecule has 6 heteroatoms. The Kier molecular flexibility index (Phi) is 4.72. The number of hydrogen-bond donors (Lipinski definition) is 0. The van der Waals surface area contributed by atoms with E-state index < -0.39 is 0 Å². The predicted molar refractivity (Wildman–Crippen MR) is 118 cm³/mol. The third-order valence-corrected chi connectivity index (χ3v) is 6.18. The molecule has 0 fully saturated rings. The second-order valence-electron chi connectivity index (χ2n) is 7.05. The highest BCUT2D eigenvalue weighted by molar-refractivity contribution is 9.10. The van der Waals surface area contributed by atoms with Gasteiger partial charge in [0.2, 0.25) is 6.23 Å². The van der Waals surface area contributed by atoms with Crippen LogP contribution in [0.25, 0.3) is 0 Å². The highest BCUT2D eigenvalue weighted by atomic mass is 79.9. The second kappa shape index (κ2) is 7.39. The van der Waals surface area contributed by atoms with Crippen LogP contribution in [0, 0.1) is 0 Å². The molecule has 2 heterocycles. The fraction of sp³-hybridized carbons (Fsp3) is 0.174. The molecule has 0 radical (unpaired) electrons.